The van der Waals surface area contributed by atoms with Crippen LogP contribution in [0.1, 0.15) is 24.2 Å². The van der Waals surface area contributed by atoms with Crippen LogP contribution in [0.2, 0.25) is 0 Å². The summed E-state index contributed by atoms with van der Waals surface area (Å²) in [6.07, 6.45) is 0. The second-order valence-electron chi connectivity index (χ2n) is 3.91. The van der Waals surface area contributed by atoms with Crippen LogP contribution in [0.3, 0.4) is 0 Å². The Kier molecular flexibility index (Phi) is 3.34. The summed E-state index contributed by atoms with van der Waals surface area (Å²) in [5.74, 6) is 0.183. The second kappa shape index (κ2) is 4.74. The zero-order chi connectivity index (χ0) is 11.5. The Morgan fingerprint density at radius 1 is 1.38 bits per heavy atom. The van der Waals surface area contributed by atoms with E-state index in [1.807, 2.05) is 30.3 Å². The van der Waals surface area contributed by atoms with E-state index in [1.54, 1.807) is 11.8 Å². The molecule has 3 heteroatoms. The summed E-state index contributed by atoms with van der Waals surface area (Å²) < 4.78 is 0. The van der Waals surface area contributed by atoms with Crippen molar-refractivity contribution in [2.75, 3.05) is 6.54 Å². The lowest BCUT2D eigenvalue weighted by Gasteiger charge is -2.24. The average Bonchev–Trinajstić information content (AvgIpc) is 2.62. The van der Waals surface area contributed by atoms with E-state index in [-0.39, 0.29) is 5.78 Å². The Morgan fingerprint density at radius 3 is 2.62 bits per heavy atom. The molecular weight excluding hydrogens is 218 g/mol. The van der Waals surface area contributed by atoms with Gasteiger partial charge in [0.25, 0.3) is 0 Å². The molecule has 1 atom stereocenters. The van der Waals surface area contributed by atoms with E-state index in [9.17, 15) is 4.79 Å². The van der Waals surface area contributed by atoms with E-state index in [0.717, 1.165) is 5.56 Å². The SMILES string of the molecule is CC1=CSC(C)N1CC(=O)c1ccccc1. The van der Waals surface area contributed by atoms with Crippen molar-refractivity contribution >= 4 is 17.5 Å². The molecule has 0 aliphatic carbocycles. The molecule has 0 radical (unpaired) electrons. The van der Waals surface area contributed by atoms with Gasteiger partial charge < -0.3 is 4.90 Å². The fourth-order valence-corrected chi connectivity index (χ4v) is 2.67. The largest absolute Gasteiger partial charge is 0.355 e. The number of rotatable bonds is 3. The Labute approximate surface area is 100 Å². The first kappa shape index (κ1) is 11.3. The van der Waals surface area contributed by atoms with Crippen LogP contribution in [0, 0.1) is 0 Å². The third-order valence-corrected chi connectivity index (χ3v) is 3.86. The number of benzene rings is 1. The van der Waals surface area contributed by atoms with Crippen LogP contribution in [0.4, 0.5) is 0 Å². The Hall–Kier alpha value is -1.22. The van der Waals surface area contributed by atoms with E-state index in [1.165, 1.54) is 5.70 Å². The highest BCUT2D eigenvalue weighted by Gasteiger charge is 2.22. The van der Waals surface area contributed by atoms with Crippen LogP contribution in [-0.2, 0) is 0 Å². The predicted octanol–water partition coefficient (Wildman–Crippen LogP) is 3.13. The Balaban J connectivity index is 2.06. The minimum Gasteiger partial charge on any atom is -0.355 e. The quantitative estimate of drug-likeness (QED) is 0.748. The average molecular weight is 233 g/mol. The number of Topliss-reactive ketones (excluding diaryl/α,β-unsaturated/α-hetero) is 1. The molecular formula is C13H15NOS. The first-order valence-corrected chi connectivity index (χ1v) is 6.30. The molecule has 1 aliphatic heterocycles. The van der Waals surface area contributed by atoms with Crippen LogP contribution in [0.25, 0.3) is 0 Å². The monoisotopic (exact) mass is 233 g/mol. The lowest BCUT2D eigenvalue weighted by Crippen LogP contribution is -2.31. The van der Waals surface area contributed by atoms with Gasteiger partial charge in [-0.3, -0.25) is 4.79 Å². The third-order valence-electron chi connectivity index (χ3n) is 2.74. The number of carbonyl (C=O) groups excluding carboxylic acids is 1. The van der Waals surface area contributed by atoms with Crippen molar-refractivity contribution in [3.63, 3.8) is 0 Å². The highest BCUT2D eigenvalue weighted by molar-refractivity contribution is 8.02. The van der Waals surface area contributed by atoms with Crippen molar-refractivity contribution in [2.24, 2.45) is 0 Å². The summed E-state index contributed by atoms with van der Waals surface area (Å²) in [6.45, 7) is 4.64. The number of nitrogens with zero attached hydrogens (tertiary/aromatic N) is 1. The summed E-state index contributed by atoms with van der Waals surface area (Å²) >= 11 is 1.76. The van der Waals surface area contributed by atoms with Gasteiger partial charge in [-0.1, -0.05) is 30.3 Å². The summed E-state index contributed by atoms with van der Waals surface area (Å²) in [6, 6.07) is 9.47. The molecule has 2 rings (SSSR count). The topological polar surface area (TPSA) is 20.3 Å². The molecule has 16 heavy (non-hydrogen) atoms. The predicted molar refractivity (Wildman–Crippen MR) is 68.3 cm³/mol. The van der Waals surface area contributed by atoms with Crippen molar-refractivity contribution in [3.8, 4) is 0 Å². The smallest absolute Gasteiger partial charge is 0.182 e. The van der Waals surface area contributed by atoms with E-state index >= 15 is 0 Å². The van der Waals surface area contributed by atoms with Crippen molar-refractivity contribution < 1.29 is 4.79 Å². The zero-order valence-corrected chi connectivity index (χ0v) is 10.3. The second-order valence-corrected chi connectivity index (χ2v) is 5.10. The van der Waals surface area contributed by atoms with Crippen molar-refractivity contribution in [2.45, 2.75) is 19.2 Å². The number of hydrogen-bond donors (Lipinski definition) is 0. The van der Waals surface area contributed by atoms with E-state index in [4.69, 9.17) is 0 Å². The van der Waals surface area contributed by atoms with Crippen LogP contribution in [0.15, 0.2) is 41.4 Å². The van der Waals surface area contributed by atoms with Crippen molar-refractivity contribution in [1.82, 2.24) is 4.90 Å². The Bertz CT molecular complexity index is 413. The molecule has 84 valence electrons. The summed E-state index contributed by atoms with van der Waals surface area (Å²) in [5.41, 5.74) is 1.97. The summed E-state index contributed by atoms with van der Waals surface area (Å²) in [4.78, 5) is 14.2. The van der Waals surface area contributed by atoms with Gasteiger partial charge in [0.15, 0.2) is 5.78 Å². The van der Waals surface area contributed by atoms with E-state index < -0.39 is 0 Å². The van der Waals surface area contributed by atoms with Gasteiger partial charge in [-0.25, -0.2) is 0 Å². The number of ketones is 1. The molecule has 1 aromatic rings. The minimum absolute atomic E-state index is 0.183. The molecule has 1 aromatic carbocycles. The van der Waals surface area contributed by atoms with E-state index in [0.29, 0.717) is 11.9 Å². The fourth-order valence-electron chi connectivity index (χ4n) is 1.75. The highest BCUT2D eigenvalue weighted by atomic mass is 32.2. The molecule has 0 saturated carbocycles. The van der Waals surface area contributed by atoms with Gasteiger partial charge in [0, 0.05) is 11.3 Å². The lowest BCUT2D eigenvalue weighted by atomic mass is 10.1. The maximum Gasteiger partial charge on any atom is 0.182 e. The maximum absolute atomic E-state index is 12.0. The molecule has 0 N–H and O–H groups in total. The molecule has 0 aromatic heterocycles. The van der Waals surface area contributed by atoms with Gasteiger partial charge in [-0.15, -0.1) is 11.8 Å². The molecule has 1 unspecified atom stereocenters. The number of thioether (sulfide) groups is 1. The third kappa shape index (κ3) is 2.30. The van der Waals surface area contributed by atoms with Gasteiger partial charge in [0.2, 0.25) is 0 Å². The van der Waals surface area contributed by atoms with Crippen LogP contribution in [-0.4, -0.2) is 22.6 Å². The highest BCUT2D eigenvalue weighted by Crippen LogP contribution is 2.29. The zero-order valence-electron chi connectivity index (χ0n) is 9.51. The van der Waals surface area contributed by atoms with Gasteiger partial charge in [-0.2, -0.15) is 0 Å². The van der Waals surface area contributed by atoms with Crippen molar-refractivity contribution in [1.29, 1.82) is 0 Å². The van der Waals surface area contributed by atoms with E-state index in [2.05, 4.69) is 24.2 Å². The molecule has 0 saturated heterocycles. The molecule has 0 amide bonds. The summed E-state index contributed by atoms with van der Waals surface area (Å²) in [7, 11) is 0. The normalized spacial score (nSPS) is 19.8. The maximum atomic E-state index is 12.0. The molecule has 0 fully saturated rings. The first-order chi connectivity index (χ1) is 7.68. The minimum atomic E-state index is 0.183. The number of carbonyl (C=O) groups is 1. The van der Waals surface area contributed by atoms with Gasteiger partial charge >= 0.3 is 0 Å². The summed E-state index contributed by atoms with van der Waals surface area (Å²) in [5, 5.41) is 2.48. The van der Waals surface area contributed by atoms with Gasteiger partial charge in [-0.05, 0) is 19.3 Å². The number of hydrogen-bond acceptors (Lipinski definition) is 3. The molecule has 1 heterocycles. The number of allylic oxidation sites excluding steroid dienone is 1. The van der Waals surface area contributed by atoms with Gasteiger partial charge in [0.05, 0.1) is 11.9 Å². The van der Waals surface area contributed by atoms with Crippen molar-refractivity contribution in [3.05, 3.63) is 47.0 Å². The Morgan fingerprint density at radius 2 is 2.06 bits per heavy atom. The lowest BCUT2D eigenvalue weighted by molar-refractivity contribution is 0.0948. The molecule has 2 nitrogen and oxygen atoms in total. The molecule has 0 bridgehead atoms. The molecule has 0 spiro atoms. The standard InChI is InChI=1S/C13H15NOS/c1-10-9-16-11(2)14(10)8-13(15)12-6-4-3-5-7-12/h3-7,9,11H,8H2,1-2H3. The first-order valence-electron chi connectivity index (χ1n) is 5.35. The van der Waals surface area contributed by atoms with Crippen LogP contribution >= 0.6 is 11.8 Å². The van der Waals surface area contributed by atoms with Gasteiger partial charge in [0.1, 0.15) is 0 Å². The van der Waals surface area contributed by atoms with Crippen LogP contribution < -0.4 is 0 Å². The molecule has 1 aliphatic rings. The fraction of sp³-hybridized carbons (Fsp3) is 0.308. The van der Waals surface area contributed by atoms with Crippen LogP contribution in [0.5, 0.6) is 0 Å².